The predicted octanol–water partition coefficient (Wildman–Crippen LogP) is 4.95. The van der Waals surface area contributed by atoms with E-state index in [1.54, 1.807) is 24.3 Å². The van der Waals surface area contributed by atoms with E-state index in [1.807, 2.05) is 0 Å². The minimum absolute atomic E-state index is 0.105. The van der Waals surface area contributed by atoms with Gasteiger partial charge in [0, 0.05) is 38.8 Å². The van der Waals surface area contributed by atoms with Gasteiger partial charge in [0.25, 0.3) is 0 Å². The fourth-order valence-corrected chi connectivity index (χ4v) is 4.38. The van der Waals surface area contributed by atoms with E-state index >= 15 is 0 Å². The van der Waals surface area contributed by atoms with Crippen LogP contribution in [0.5, 0.6) is 0 Å². The molecule has 1 heterocycles. The lowest BCUT2D eigenvalue weighted by Crippen LogP contribution is -2.11. The van der Waals surface area contributed by atoms with Crippen LogP contribution >= 0.6 is 7.60 Å². The zero-order valence-electron chi connectivity index (χ0n) is 18.2. The third-order valence-electron chi connectivity index (χ3n) is 5.13. The van der Waals surface area contributed by atoms with Crippen LogP contribution in [0.2, 0.25) is 0 Å². The van der Waals surface area contributed by atoms with Crippen molar-refractivity contribution in [3.63, 3.8) is 0 Å². The van der Waals surface area contributed by atoms with Crippen molar-refractivity contribution in [2.75, 3.05) is 20.0 Å². The fraction of sp³-hybridized carbons (Fsp3) is 0.217. The summed E-state index contributed by atoms with van der Waals surface area (Å²) in [6.45, 7) is 0. The smallest absolute Gasteiger partial charge is 0.383 e. The van der Waals surface area contributed by atoms with Crippen LogP contribution in [-0.4, -0.2) is 25.0 Å². The van der Waals surface area contributed by atoms with Crippen LogP contribution in [-0.2, 0) is 37.4 Å². The average Bonchev–Trinajstić information content (AvgIpc) is 2.80. The van der Waals surface area contributed by atoms with Gasteiger partial charge in [0.05, 0.1) is 10.9 Å². The van der Waals surface area contributed by atoms with Crippen LogP contribution in [0.3, 0.4) is 0 Å². The Balaban J connectivity index is 1.77. The molecule has 0 radical (unpaired) electrons. The molecule has 11 heteroatoms. The highest BCUT2D eigenvalue weighted by Gasteiger charge is 2.31. The molecule has 3 aromatic rings. The molecule has 0 saturated heterocycles. The first-order valence-electron chi connectivity index (χ1n) is 9.91. The minimum Gasteiger partial charge on any atom is -0.383 e. The van der Waals surface area contributed by atoms with Gasteiger partial charge in [-0.2, -0.15) is 13.2 Å². The molecule has 1 aromatic heterocycles. The van der Waals surface area contributed by atoms with Gasteiger partial charge in [0.2, 0.25) is 0 Å². The minimum atomic E-state index is -4.63. The van der Waals surface area contributed by atoms with Gasteiger partial charge in [-0.1, -0.05) is 24.3 Å². The molecule has 0 spiro atoms. The highest BCUT2D eigenvalue weighted by Crippen LogP contribution is 2.45. The lowest BCUT2D eigenvalue weighted by Gasteiger charge is -2.15. The molecule has 3 rings (SSSR count). The molecule has 0 aliphatic rings. The highest BCUT2D eigenvalue weighted by atomic mass is 31.2. The first kappa shape index (κ1) is 25.6. The molecule has 180 valence electrons. The number of hydrogen-bond acceptors (Lipinski definition) is 6. The van der Waals surface area contributed by atoms with E-state index in [4.69, 9.17) is 14.8 Å². The Morgan fingerprint density at radius 2 is 1.68 bits per heavy atom. The number of pyridine rings is 1. The normalized spacial score (nSPS) is 12.1. The molecule has 34 heavy (non-hydrogen) atoms. The summed E-state index contributed by atoms with van der Waals surface area (Å²) < 4.78 is 75.1. The predicted molar refractivity (Wildman–Crippen MR) is 119 cm³/mol. The number of carbonyl (C=O) groups excluding carboxylic acids is 1. The van der Waals surface area contributed by atoms with Crippen LogP contribution < -0.4 is 11.0 Å². The highest BCUT2D eigenvalue weighted by molar-refractivity contribution is 7.62. The van der Waals surface area contributed by atoms with Crippen LogP contribution in [0.1, 0.15) is 16.7 Å². The lowest BCUT2D eigenvalue weighted by atomic mass is 9.99. The van der Waals surface area contributed by atoms with E-state index in [2.05, 4.69) is 4.98 Å². The Morgan fingerprint density at radius 1 is 1.03 bits per heavy atom. The number of nitrogens with two attached hydrogens (primary N) is 1. The van der Waals surface area contributed by atoms with Crippen LogP contribution in [0.25, 0.3) is 11.1 Å². The molecule has 0 atom stereocenters. The summed E-state index contributed by atoms with van der Waals surface area (Å²) in [4.78, 5) is 16.4. The lowest BCUT2D eigenvalue weighted by molar-refractivity contribution is -0.137. The Labute approximate surface area is 193 Å². The second-order valence-electron chi connectivity index (χ2n) is 7.38. The molecule has 0 saturated carbocycles. The second-order valence-corrected chi connectivity index (χ2v) is 9.62. The SMILES string of the molecule is COP(=O)(OC)c1cnc(N)c(-c2ccc(CC(=O)Cc3cc(C(F)(F)F)ccc3F)cc2)c1. The number of anilines is 1. The largest absolute Gasteiger partial charge is 0.416 e. The van der Waals surface area contributed by atoms with Gasteiger partial charge < -0.3 is 14.8 Å². The number of ketones is 1. The molecule has 6 nitrogen and oxygen atoms in total. The number of halogens is 4. The van der Waals surface area contributed by atoms with E-state index in [1.165, 1.54) is 26.5 Å². The average molecular weight is 496 g/mol. The first-order chi connectivity index (χ1) is 16.0. The standard InChI is InChI=1S/C23H21F4N2O4P/c1-32-34(31,33-2)19-12-20(22(28)29-13-19)15-5-3-14(4-6-15)9-18(30)11-16-10-17(23(25,26)27)7-8-21(16)24/h3-8,10,12-13H,9,11H2,1-2H3,(H2,28,29). The van der Waals surface area contributed by atoms with Crippen LogP contribution in [0, 0.1) is 5.82 Å². The number of carbonyl (C=O) groups is 1. The molecule has 2 N–H and O–H groups in total. The number of nitrogens with zero attached hydrogens (tertiary/aromatic N) is 1. The molecule has 0 bridgehead atoms. The first-order valence-corrected chi connectivity index (χ1v) is 11.5. The maximum atomic E-state index is 13.9. The van der Waals surface area contributed by atoms with E-state index in [-0.39, 0.29) is 23.1 Å². The van der Waals surface area contributed by atoms with Gasteiger partial charge in [-0.05, 0) is 41.0 Å². The van der Waals surface area contributed by atoms with Gasteiger partial charge in [-0.25, -0.2) is 9.37 Å². The quantitative estimate of drug-likeness (QED) is 0.350. The van der Waals surface area contributed by atoms with E-state index in [0.717, 1.165) is 0 Å². The number of hydrogen-bond donors (Lipinski definition) is 1. The number of Topliss-reactive ketones (excluding diaryl/α,β-unsaturated/α-hetero) is 1. The molecule has 0 aliphatic carbocycles. The maximum Gasteiger partial charge on any atom is 0.416 e. The van der Waals surface area contributed by atoms with Crippen molar-refractivity contribution in [1.82, 2.24) is 4.98 Å². The summed E-state index contributed by atoms with van der Waals surface area (Å²) in [6, 6.07) is 10.1. The Bertz CT molecular complexity index is 1240. The molecular formula is C23H21F4N2O4P. The van der Waals surface area contributed by atoms with Crippen molar-refractivity contribution in [3.05, 3.63) is 77.2 Å². The Kier molecular flexibility index (Phi) is 7.55. The third kappa shape index (κ3) is 5.70. The van der Waals surface area contributed by atoms with Crippen molar-refractivity contribution in [2.24, 2.45) is 0 Å². The van der Waals surface area contributed by atoms with Gasteiger partial charge in [0.1, 0.15) is 17.4 Å². The summed E-state index contributed by atoms with van der Waals surface area (Å²) in [5, 5.41) is 0.212. The second kappa shape index (κ2) is 10.0. The fourth-order valence-electron chi connectivity index (χ4n) is 3.32. The summed E-state index contributed by atoms with van der Waals surface area (Å²) in [5.74, 6) is -1.15. The summed E-state index contributed by atoms with van der Waals surface area (Å²) in [6.07, 6.45) is -3.91. The van der Waals surface area contributed by atoms with E-state index in [9.17, 15) is 26.9 Å². The van der Waals surface area contributed by atoms with Crippen molar-refractivity contribution < 1.29 is 36.0 Å². The number of benzene rings is 2. The summed E-state index contributed by atoms with van der Waals surface area (Å²) >= 11 is 0. The molecular weight excluding hydrogens is 475 g/mol. The molecule has 0 aliphatic heterocycles. The maximum absolute atomic E-state index is 13.9. The van der Waals surface area contributed by atoms with Crippen molar-refractivity contribution in [1.29, 1.82) is 0 Å². The number of aromatic nitrogens is 1. The van der Waals surface area contributed by atoms with Gasteiger partial charge in [-0.15, -0.1) is 0 Å². The van der Waals surface area contributed by atoms with Crippen LogP contribution in [0.4, 0.5) is 23.4 Å². The number of nitrogen functional groups attached to an aromatic ring is 1. The van der Waals surface area contributed by atoms with Gasteiger partial charge in [-0.3, -0.25) is 9.36 Å². The topological polar surface area (TPSA) is 91.5 Å². The number of alkyl halides is 3. The van der Waals surface area contributed by atoms with E-state index in [0.29, 0.717) is 34.9 Å². The monoisotopic (exact) mass is 496 g/mol. The van der Waals surface area contributed by atoms with Crippen molar-refractivity contribution in [2.45, 2.75) is 19.0 Å². The van der Waals surface area contributed by atoms with Crippen molar-refractivity contribution >= 4 is 24.5 Å². The van der Waals surface area contributed by atoms with Crippen LogP contribution in [0.15, 0.2) is 54.7 Å². The number of rotatable bonds is 8. The molecule has 0 unspecified atom stereocenters. The van der Waals surface area contributed by atoms with Crippen molar-refractivity contribution in [3.8, 4) is 11.1 Å². The molecule has 0 amide bonds. The van der Waals surface area contributed by atoms with Gasteiger partial charge in [0.15, 0.2) is 0 Å². The Morgan fingerprint density at radius 3 is 2.26 bits per heavy atom. The Hall–Kier alpha value is -3.07. The van der Waals surface area contributed by atoms with E-state index < -0.39 is 37.4 Å². The third-order valence-corrected chi connectivity index (χ3v) is 6.97. The zero-order valence-corrected chi connectivity index (χ0v) is 19.1. The summed E-state index contributed by atoms with van der Waals surface area (Å²) in [7, 11) is -1.05. The summed E-state index contributed by atoms with van der Waals surface area (Å²) in [5.41, 5.74) is 6.29. The van der Waals surface area contributed by atoms with Gasteiger partial charge >= 0.3 is 13.8 Å². The molecule has 2 aromatic carbocycles. The zero-order chi connectivity index (χ0) is 25.1. The molecule has 0 fully saturated rings.